The Kier molecular flexibility index (Phi) is 3.54. The zero-order valence-electron chi connectivity index (χ0n) is 8.80. The van der Waals surface area contributed by atoms with Crippen LogP contribution in [0.3, 0.4) is 0 Å². The van der Waals surface area contributed by atoms with Crippen LogP contribution in [0.15, 0.2) is 41.6 Å². The highest BCUT2D eigenvalue weighted by Gasteiger charge is 2.02. The molecule has 0 saturated heterocycles. The van der Waals surface area contributed by atoms with Gasteiger partial charge in [0.05, 0.1) is 28.1 Å². The topological polar surface area (TPSA) is 58.7 Å². The standard InChI is InChI=1S/C12H8IN3O/c13-11-6-15-8-16(12(11)17)7-10-3-1-2-9(4-10)5-14/h1-4,6,8H,7H2. The predicted octanol–water partition coefficient (Wildman–Crippen LogP) is 1.77. The van der Waals surface area contributed by atoms with Gasteiger partial charge in [0.2, 0.25) is 0 Å². The van der Waals surface area contributed by atoms with Crippen molar-refractivity contribution >= 4 is 22.6 Å². The molecule has 0 amide bonds. The summed E-state index contributed by atoms with van der Waals surface area (Å²) in [6.45, 7) is 0.429. The monoisotopic (exact) mass is 337 g/mol. The van der Waals surface area contributed by atoms with Crippen molar-refractivity contribution < 1.29 is 0 Å². The van der Waals surface area contributed by atoms with Gasteiger partial charge in [-0.1, -0.05) is 12.1 Å². The summed E-state index contributed by atoms with van der Waals surface area (Å²) in [4.78, 5) is 15.8. The van der Waals surface area contributed by atoms with Crippen LogP contribution in [-0.4, -0.2) is 9.55 Å². The lowest BCUT2D eigenvalue weighted by Crippen LogP contribution is -2.22. The molecule has 1 aromatic carbocycles. The highest BCUT2D eigenvalue weighted by molar-refractivity contribution is 14.1. The van der Waals surface area contributed by atoms with Gasteiger partial charge in [-0.3, -0.25) is 9.36 Å². The lowest BCUT2D eigenvalue weighted by atomic mass is 10.1. The molecule has 0 saturated carbocycles. The van der Waals surface area contributed by atoms with Gasteiger partial charge in [-0.25, -0.2) is 4.98 Å². The average molecular weight is 337 g/mol. The first-order valence-electron chi connectivity index (χ1n) is 4.89. The van der Waals surface area contributed by atoms with E-state index < -0.39 is 0 Å². The first kappa shape index (κ1) is 11.8. The highest BCUT2D eigenvalue weighted by Crippen LogP contribution is 2.05. The van der Waals surface area contributed by atoms with Crippen LogP contribution < -0.4 is 5.56 Å². The van der Waals surface area contributed by atoms with Gasteiger partial charge in [0.25, 0.3) is 5.56 Å². The van der Waals surface area contributed by atoms with Gasteiger partial charge in [0.1, 0.15) is 0 Å². The largest absolute Gasteiger partial charge is 0.294 e. The Labute approximate surface area is 112 Å². The summed E-state index contributed by atoms with van der Waals surface area (Å²) in [6, 6.07) is 9.27. The van der Waals surface area contributed by atoms with E-state index in [9.17, 15) is 4.79 Å². The van der Waals surface area contributed by atoms with Crippen LogP contribution in [0.1, 0.15) is 11.1 Å². The molecule has 0 aliphatic heterocycles. The maximum absolute atomic E-state index is 11.8. The summed E-state index contributed by atoms with van der Waals surface area (Å²) in [5, 5.41) is 8.79. The number of nitriles is 1. The van der Waals surface area contributed by atoms with Gasteiger partial charge in [0, 0.05) is 6.20 Å². The molecule has 2 rings (SSSR count). The van der Waals surface area contributed by atoms with Gasteiger partial charge in [-0.05, 0) is 40.3 Å². The van der Waals surface area contributed by atoms with E-state index in [0.717, 1.165) is 5.56 Å². The third kappa shape index (κ3) is 2.71. The molecular weight excluding hydrogens is 329 g/mol. The summed E-state index contributed by atoms with van der Waals surface area (Å²) in [5.74, 6) is 0. The van der Waals surface area contributed by atoms with Crippen molar-refractivity contribution in [2.75, 3.05) is 0 Å². The van der Waals surface area contributed by atoms with Crippen LogP contribution in [0.25, 0.3) is 0 Å². The second-order valence-electron chi connectivity index (χ2n) is 3.49. The molecule has 84 valence electrons. The number of hydrogen-bond donors (Lipinski definition) is 0. The van der Waals surface area contributed by atoms with E-state index in [1.54, 1.807) is 18.2 Å². The fourth-order valence-corrected chi connectivity index (χ4v) is 1.94. The first-order valence-corrected chi connectivity index (χ1v) is 5.97. The highest BCUT2D eigenvalue weighted by atomic mass is 127. The summed E-state index contributed by atoms with van der Waals surface area (Å²) < 4.78 is 2.11. The number of aromatic nitrogens is 2. The van der Waals surface area contributed by atoms with Crippen molar-refractivity contribution in [3.63, 3.8) is 0 Å². The second-order valence-corrected chi connectivity index (χ2v) is 4.65. The average Bonchev–Trinajstić information content (AvgIpc) is 2.35. The molecule has 2 aromatic rings. The molecule has 1 aromatic heterocycles. The van der Waals surface area contributed by atoms with Crippen LogP contribution in [0.4, 0.5) is 0 Å². The van der Waals surface area contributed by atoms with E-state index in [-0.39, 0.29) is 5.56 Å². The van der Waals surface area contributed by atoms with Gasteiger partial charge < -0.3 is 0 Å². The maximum Gasteiger partial charge on any atom is 0.267 e. The van der Waals surface area contributed by atoms with E-state index in [1.165, 1.54) is 17.1 Å². The minimum atomic E-state index is -0.0667. The molecule has 0 bridgehead atoms. The van der Waals surface area contributed by atoms with Crippen molar-refractivity contribution in [3.8, 4) is 6.07 Å². The van der Waals surface area contributed by atoms with Crippen molar-refractivity contribution in [2.45, 2.75) is 6.54 Å². The van der Waals surface area contributed by atoms with E-state index in [1.807, 2.05) is 28.7 Å². The molecule has 0 aliphatic rings. The normalized spacial score (nSPS) is 9.88. The molecule has 17 heavy (non-hydrogen) atoms. The zero-order valence-corrected chi connectivity index (χ0v) is 11.0. The lowest BCUT2D eigenvalue weighted by molar-refractivity contribution is 0.730. The van der Waals surface area contributed by atoms with Gasteiger partial charge in [-0.2, -0.15) is 5.26 Å². The van der Waals surface area contributed by atoms with Gasteiger partial charge in [0.15, 0.2) is 0 Å². The Bertz CT molecular complexity index is 643. The van der Waals surface area contributed by atoms with Crippen molar-refractivity contribution in [2.24, 2.45) is 0 Å². The third-order valence-electron chi connectivity index (χ3n) is 2.27. The van der Waals surface area contributed by atoms with Crippen LogP contribution in [0.2, 0.25) is 0 Å². The van der Waals surface area contributed by atoms with Crippen molar-refractivity contribution in [1.82, 2.24) is 9.55 Å². The van der Waals surface area contributed by atoms with E-state index >= 15 is 0 Å². The first-order chi connectivity index (χ1) is 8.20. The molecule has 4 nitrogen and oxygen atoms in total. The second kappa shape index (κ2) is 5.10. The predicted molar refractivity (Wildman–Crippen MR) is 71.5 cm³/mol. The molecule has 5 heteroatoms. The van der Waals surface area contributed by atoms with Crippen molar-refractivity contribution in [1.29, 1.82) is 5.26 Å². The SMILES string of the molecule is N#Cc1cccc(Cn2cncc(I)c2=O)c1. The van der Waals surface area contributed by atoms with Crippen LogP contribution >= 0.6 is 22.6 Å². The van der Waals surface area contributed by atoms with Crippen LogP contribution in [0, 0.1) is 14.9 Å². The molecule has 0 aliphatic carbocycles. The maximum atomic E-state index is 11.8. The Morgan fingerprint density at radius 2 is 2.29 bits per heavy atom. The number of halogens is 1. The number of nitrogens with zero attached hydrogens (tertiary/aromatic N) is 3. The van der Waals surface area contributed by atoms with Gasteiger partial charge >= 0.3 is 0 Å². The summed E-state index contributed by atoms with van der Waals surface area (Å²) >= 11 is 1.96. The summed E-state index contributed by atoms with van der Waals surface area (Å²) in [5.41, 5.74) is 1.44. The molecule has 0 spiro atoms. The Morgan fingerprint density at radius 3 is 3.06 bits per heavy atom. The molecule has 0 N–H and O–H groups in total. The van der Waals surface area contributed by atoms with E-state index in [0.29, 0.717) is 15.7 Å². The molecule has 0 fully saturated rings. The summed E-state index contributed by atoms with van der Waals surface area (Å²) in [6.07, 6.45) is 3.04. The minimum Gasteiger partial charge on any atom is -0.294 e. The molecule has 0 unspecified atom stereocenters. The third-order valence-corrected chi connectivity index (χ3v) is 3.01. The van der Waals surface area contributed by atoms with E-state index in [2.05, 4.69) is 11.1 Å². The molecular formula is C12H8IN3O. The smallest absolute Gasteiger partial charge is 0.267 e. The number of benzene rings is 1. The minimum absolute atomic E-state index is 0.0667. The quantitative estimate of drug-likeness (QED) is 0.785. The Balaban J connectivity index is 2.35. The fraction of sp³-hybridized carbons (Fsp3) is 0.0833. The summed E-state index contributed by atoms with van der Waals surface area (Å²) in [7, 11) is 0. The Morgan fingerprint density at radius 1 is 1.47 bits per heavy atom. The molecule has 0 atom stereocenters. The van der Waals surface area contributed by atoms with E-state index in [4.69, 9.17) is 5.26 Å². The number of hydrogen-bond acceptors (Lipinski definition) is 3. The molecule has 0 radical (unpaired) electrons. The van der Waals surface area contributed by atoms with Crippen LogP contribution in [0.5, 0.6) is 0 Å². The lowest BCUT2D eigenvalue weighted by Gasteiger charge is -2.05. The van der Waals surface area contributed by atoms with Crippen molar-refractivity contribution in [3.05, 3.63) is 61.8 Å². The zero-order chi connectivity index (χ0) is 12.3. The van der Waals surface area contributed by atoms with Gasteiger partial charge in [-0.15, -0.1) is 0 Å². The Hall–Kier alpha value is -1.68. The fourth-order valence-electron chi connectivity index (χ4n) is 1.47. The van der Waals surface area contributed by atoms with Crippen LogP contribution in [-0.2, 0) is 6.54 Å². The number of rotatable bonds is 2. The molecule has 1 heterocycles.